The van der Waals surface area contributed by atoms with Crippen molar-refractivity contribution in [1.29, 1.82) is 0 Å². The van der Waals surface area contributed by atoms with E-state index in [1.807, 2.05) is 30.3 Å². The number of hydrogen-bond acceptors (Lipinski definition) is 6. The molecule has 0 saturated heterocycles. The second-order valence-electron chi connectivity index (χ2n) is 5.96. The predicted octanol–water partition coefficient (Wildman–Crippen LogP) is 2.52. The van der Waals surface area contributed by atoms with Crippen molar-refractivity contribution in [2.24, 2.45) is 0 Å². The minimum Gasteiger partial charge on any atom is -0.468 e. The van der Waals surface area contributed by atoms with Crippen molar-refractivity contribution in [2.75, 3.05) is 25.5 Å². The van der Waals surface area contributed by atoms with E-state index in [2.05, 4.69) is 5.32 Å². The minimum absolute atomic E-state index is 0.0489. The van der Waals surface area contributed by atoms with E-state index in [9.17, 15) is 19.7 Å². The van der Waals surface area contributed by atoms with Crippen LogP contribution in [0.15, 0.2) is 48.5 Å². The van der Waals surface area contributed by atoms with E-state index in [1.54, 1.807) is 17.9 Å². The molecule has 142 valence electrons. The Hall–Kier alpha value is -3.26. The van der Waals surface area contributed by atoms with E-state index in [-0.39, 0.29) is 24.7 Å². The average molecular weight is 371 g/mol. The van der Waals surface area contributed by atoms with Crippen molar-refractivity contribution in [1.82, 2.24) is 4.90 Å². The highest BCUT2D eigenvalue weighted by atomic mass is 16.6. The lowest BCUT2D eigenvalue weighted by atomic mass is 10.1. The number of amides is 1. The molecule has 2 aromatic carbocycles. The van der Waals surface area contributed by atoms with Crippen molar-refractivity contribution in [3.05, 3.63) is 69.8 Å². The smallest absolute Gasteiger partial charge is 0.319 e. The molecule has 27 heavy (non-hydrogen) atoms. The summed E-state index contributed by atoms with van der Waals surface area (Å²) >= 11 is 0. The zero-order valence-electron chi connectivity index (χ0n) is 15.2. The highest BCUT2D eigenvalue weighted by Crippen LogP contribution is 2.25. The maximum atomic E-state index is 12.4. The van der Waals surface area contributed by atoms with Gasteiger partial charge in [0.15, 0.2) is 0 Å². The van der Waals surface area contributed by atoms with E-state index in [1.165, 1.54) is 19.2 Å². The Kier molecular flexibility index (Phi) is 7.01. The van der Waals surface area contributed by atoms with Crippen LogP contribution in [-0.2, 0) is 20.9 Å². The van der Waals surface area contributed by atoms with Gasteiger partial charge in [0, 0.05) is 12.6 Å². The van der Waals surface area contributed by atoms with Crippen molar-refractivity contribution in [2.45, 2.75) is 13.5 Å². The highest BCUT2D eigenvalue weighted by Gasteiger charge is 2.18. The summed E-state index contributed by atoms with van der Waals surface area (Å²) in [7, 11) is 1.29. The fraction of sp³-hybridized carbons (Fsp3) is 0.263. The normalized spacial score (nSPS) is 10.5. The van der Waals surface area contributed by atoms with Gasteiger partial charge in [0.2, 0.25) is 5.91 Å². The lowest BCUT2D eigenvalue weighted by Crippen LogP contribution is -2.37. The van der Waals surface area contributed by atoms with Gasteiger partial charge in [0.25, 0.3) is 5.69 Å². The average Bonchev–Trinajstić information content (AvgIpc) is 2.63. The summed E-state index contributed by atoms with van der Waals surface area (Å²) in [5.41, 5.74) is 1.62. The van der Waals surface area contributed by atoms with Crippen LogP contribution in [0.3, 0.4) is 0 Å². The van der Waals surface area contributed by atoms with E-state index < -0.39 is 10.9 Å². The molecule has 0 atom stereocenters. The van der Waals surface area contributed by atoms with E-state index in [0.717, 1.165) is 5.56 Å². The number of benzene rings is 2. The fourth-order valence-electron chi connectivity index (χ4n) is 2.61. The van der Waals surface area contributed by atoms with Crippen LogP contribution in [-0.4, -0.2) is 41.9 Å². The lowest BCUT2D eigenvalue weighted by molar-refractivity contribution is -0.385. The SMILES string of the molecule is COC(=O)CN(CC(=O)Nc1cccc([N+](=O)[O-])c1C)Cc1ccccc1. The van der Waals surface area contributed by atoms with E-state index >= 15 is 0 Å². The Balaban J connectivity index is 2.10. The number of esters is 1. The molecular formula is C19H21N3O5. The van der Waals surface area contributed by atoms with E-state index in [4.69, 9.17) is 4.74 Å². The zero-order valence-corrected chi connectivity index (χ0v) is 15.2. The summed E-state index contributed by atoms with van der Waals surface area (Å²) in [6, 6.07) is 13.9. The lowest BCUT2D eigenvalue weighted by Gasteiger charge is -2.21. The van der Waals surface area contributed by atoms with Gasteiger partial charge in [0.1, 0.15) is 0 Å². The van der Waals surface area contributed by atoms with Crippen LogP contribution in [0.25, 0.3) is 0 Å². The molecule has 0 aliphatic heterocycles. The molecule has 0 radical (unpaired) electrons. The number of nitro benzene ring substituents is 1. The number of anilines is 1. The summed E-state index contributed by atoms with van der Waals surface area (Å²) in [5.74, 6) is -0.830. The number of carbonyl (C=O) groups is 2. The molecule has 0 spiro atoms. The van der Waals surface area contributed by atoms with Crippen LogP contribution in [0, 0.1) is 17.0 Å². The monoisotopic (exact) mass is 371 g/mol. The molecule has 1 N–H and O–H groups in total. The van der Waals surface area contributed by atoms with Crippen molar-refractivity contribution in [3.8, 4) is 0 Å². The maximum Gasteiger partial charge on any atom is 0.319 e. The number of methoxy groups -OCH3 is 1. The van der Waals surface area contributed by atoms with Gasteiger partial charge in [-0.1, -0.05) is 36.4 Å². The first kappa shape index (κ1) is 20.1. The third kappa shape index (κ3) is 5.89. The van der Waals surface area contributed by atoms with Crippen molar-refractivity contribution < 1.29 is 19.2 Å². The van der Waals surface area contributed by atoms with Gasteiger partial charge in [-0.05, 0) is 18.6 Å². The molecule has 2 aromatic rings. The third-order valence-corrected chi connectivity index (χ3v) is 3.97. The summed E-state index contributed by atoms with van der Waals surface area (Å²) < 4.78 is 4.69. The number of ether oxygens (including phenoxy) is 1. The van der Waals surface area contributed by atoms with Crippen LogP contribution in [0.2, 0.25) is 0 Å². The molecule has 2 rings (SSSR count). The summed E-state index contributed by atoms with van der Waals surface area (Å²) in [5, 5.41) is 13.7. The minimum atomic E-state index is -0.496. The molecule has 0 aliphatic rings. The summed E-state index contributed by atoms with van der Waals surface area (Å²) in [4.78, 5) is 36.3. The van der Waals surface area contributed by atoms with Gasteiger partial charge in [-0.25, -0.2) is 0 Å². The second-order valence-corrected chi connectivity index (χ2v) is 5.96. The molecule has 1 amide bonds. The molecule has 0 aromatic heterocycles. The molecular weight excluding hydrogens is 350 g/mol. The number of nitro groups is 1. The van der Waals surface area contributed by atoms with Crippen LogP contribution in [0.1, 0.15) is 11.1 Å². The van der Waals surface area contributed by atoms with Gasteiger partial charge < -0.3 is 10.1 Å². The number of nitrogens with one attached hydrogen (secondary N) is 1. The molecule has 0 unspecified atom stereocenters. The standard InChI is InChI=1S/C19H21N3O5/c1-14-16(9-6-10-17(14)22(25)26)20-18(23)12-21(13-19(24)27-2)11-15-7-4-3-5-8-15/h3-10H,11-13H2,1-2H3,(H,20,23). The molecule has 0 heterocycles. The van der Waals surface area contributed by atoms with Gasteiger partial charge in [0.05, 0.1) is 36.4 Å². The second kappa shape index (κ2) is 9.44. The zero-order chi connectivity index (χ0) is 19.8. The first-order valence-electron chi connectivity index (χ1n) is 8.27. The maximum absolute atomic E-state index is 12.4. The van der Waals surface area contributed by atoms with Gasteiger partial charge in [-0.15, -0.1) is 0 Å². The predicted molar refractivity (Wildman–Crippen MR) is 100 cm³/mol. The Morgan fingerprint density at radius 2 is 1.81 bits per heavy atom. The number of hydrogen-bond donors (Lipinski definition) is 1. The number of carbonyl (C=O) groups excluding carboxylic acids is 2. The summed E-state index contributed by atoms with van der Waals surface area (Å²) in [6.07, 6.45) is 0. The molecule has 8 nitrogen and oxygen atoms in total. The van der Waals surface area contributed by atoms with Crippen molar-refractivity contribution in [3.63, 3.8) is 0 Å². The molecule has 0 bridgehead atoms. The largest absolute Gasteiger partial charge is 0.468 e. The van der Waals surface area contributed by atoms with Crippen LogP contribution in [0.4, 0.5) is 11.4 Å². The van der Waals surface area contributed by atoms with Gasteiger partial charge in [-0.2, -0.15) is 0 Å². The topological polar surface area (TPSA) is 102 Å². The van der Waals surface area contributed by atoms with Gasteiger partial charge >= 0.3 is 5.97 Å². The Morgan fingerprint density at radius 3 is 2.44 bits per heavy atom. The Labute approximate surface area is 156 Å². The van der Waals surface area contributed by atoms with Crippen molar-refractivity contribution >= 4 is 23.3 Å². The molecule has 0 fully saturated rings. The number of rotatable bonds is 8. The third-order valence-electron chi connectivity index (χ3n) is 3.97. The fourth-order valence-corrected chi connectivity index (χ4v) is 2.61. The molecule has 0 aliphatic carbocycles. The first-order chi connectivity index (χ1) is 12.9. The number of nitrogens with zero attached hydrogens (tertiary/aromatic N) is 2. The Morgan fingerprint density at radius 1 is 1.11 bits per heavy atom. The van der Waals surface area contributed by atoms with Crippen LogP contribution < -0.4 is 5.32 Å². The first-order valence-corrected chi connectivity index (χ1v) is 8.27. The molecule has 0 saturated carbocycles. The molecule has 8 heteroatoms. The van der Waals surface area contributed by atoms with Gasteiger partial charge in [-0.3, -0.25) is 24.6 Å². The van der Waals surface area contributed by atoms with E-state index in [0.29, 0.717) is 17.8 Å². The van der Waals surface area contributed by atoms with Crippen LogP contribution >= 0.6 is 0 Å². The quantitative estimate of drug-likeness (QED) is 0.435. The summed E-state index contributed by atoms with van der Waals surface area (Å²) in [6.45, 7) is 1.85. The highest BCUT2D eigenvalue weighted by molar-refractivity contribution is 5.93. The Bertz CT molecular complexity index is 823. The van der Waals surface area contributed by atoms with Crippen LogP contribution in [0.5, 0.6) is 0 Å².